The molecule has 94 valence electrons. The van der Waals surface area contributed by atoms with Crippen molar-refractivity contribution in [3.63, 3.8) is 0 Å². The minimum absolute atomic E-state index is 0.0387. The maximum Gasteiger partial charge on any atom is 0.203 e. The highest BCUT2D eigenvalue weighted by Crippen LogP contribution is 2.38. The Labute approximate surface area is 105 Å². The summed E-state index contributed by atoms with van der Waals surface area (Å²) in [5, 5.41) is 0. The zero-order valence-corrected chi connectivity index (χ0v) is 11.2. The molecule has 0 bridgehead atoms. The molecule has 0 saturated carbocycles. The second-order valence-electron chi connectivity index (χ2n) is 3.27. The van der Waals surface area contributed by atoms with E-state index in [9.17, 15) is 4.79 Å². The molecule has 0 aromatic heterocycles. The number of ether oxygens (including phenoxy) is 3. The Kier molecular flexibility index (Phi) is 5.15. The van der Waals surface area contributed by atoms with Crippen molar-refractivity contribution in [1.29, 1.82) is 0 Å². The first-order valence-corrected chi connectivity index (χ1v) is 6.39. The molecule has 1 aromatic rings. The zero-order valence-electron chi connectivity index (χ0n) is 10.4. The fraction of sp³-hybridized carbons (Fsp3) is 0.417. The smallest absolute Gasteiger partial charge is 0.203 e. The predicted molar refractivity (Wildman–Crippen MR) is 68.8 cm³/mol. The number of hydrogen-bond acceptors (Lipinski definition) is 5. The molecule has 1 aromatic carbocycles. The number of carbonyl (C=O) groups excluding carboxylic acids is 1. The maximum atomic E-state index is 11.8. The molecular weight excluding hydrogens is 240 g/mol. The van der Waals surface area contributed by atoms with Crippen molar-refractivity contribution in [3.05, 3.63) is 17.7 Å². The highest BCUT2D eigenvalue weighted by Gasteiger charge is 2.16. The third-order valence-electron chi connectivity index (χ3n) is 2.26. The summed E-state index contributed by atoms with van der Waals surface area (Å²) >= 11 is 1.48. The number of methoxy groups -OCH3 is 3. The van der Waals surface area contributed by atoms with E-state index >= 15 is 0 Å². The number of rotatable bonds is 6. The Morgan fingerprint density at radius 2 is 1.65 bits per heavy atom. The van der Waals surface area contributed by atoms with Crippen LogP contribution >= 0.6 is 11.8 Å². The van der Waals surface area contributed by atoms with E-state index in [1.807, 2.05) is 6.26 Å². The van der Waals surface area contributed by atoms with Crippen molar-refractivity contribution in [3.8, 4) is 17.2 Å². The molecule has 0 radical (unpaired) electrons. The van der Waals surface area contributed by atoms with E-state index in [0.29, 0.717) is 28.6 Å². The van der Waals surface area contributed by atoms with Gasteiger partial charge in [0.15, 0.2) is 17.3 Å². The molecule has 5 heteroatoms. The fourth-order valence-electron chi connectivity index (χ4n) is 1.46. The molecule has 1 rings (SSSR count). The molecule has 17 heavy (non-hydrogen) atoms. The Morgan fingerprint density at radius 1 is 1.12 bits per heavy atom. The Bertz CT molecular complexity index is 378. The molecule has 0 fully saturated rings. The normalized spacial score (nSPS) is 9.88. The first-order valence-electron chi connectivity index (χ1n) is 5.00. The van der Waals surface area contributed by atoms with E-state index in [1.54, 1.807) is 12.1 Å². The first-order chi connectivity index (χ1) is 8.17. The molecule has 0 heterocycles. The van der Waals surface area contributed by atoms with Crippen LogP contribution in [0.25, 0.3) is 0 Å². The van der Waals surface area contributed by atoms with Gasteiger partial charge in [-0.05, 0) is 18.4 Å². The predicted octanol–water partition coefficient (Wildman–Crippen LogP) is 2.26. The second kappa shape index (κ2) is 6.39. The summed E-state index contributed by atoms with van der Waals surface area (Å²) in [6.45, 7) is 0. The minimum atomic E-state index is 0.0387. The average Bonchev–Trinajstić information content (AvgIpc) is 2.37. The van der Waals surface area contributed by atoms with Gasteiger partial charge < -0.3 is 14.2 Å². The number of benzene rings is 1. The van der Waals surface area contributed by atoms with E-state index in [1.165, 1.54) is 33.1 Å². The number of ketones is 1. The van der Waals surface area contributed by atoms with Gasteiger partial charge in [0.2, 0.25) is 5.75 Å². The van der Waals surface area contributed by atoms with E-state index < -0.39 is 0 Å². The lowest BCUT2D eigenvalue weighted by Crippen LogP contribution is -2.04. The Balaban J connectivity index is 3.22. The highest BCUT2D eigenvalue weighted by atomic mass is 32.2. The monoisotopic (exact) mass is 256 g/mol. The maximum absolute atomic E-state index is 11.8. The van der Waals surface area contributed by atoms with Crippen LogP contribution in [0.2, 0.25) is 0 Å². The van der Waals surface area contributed by atoms with Crippen molar-refractivity contribution in [2.75, 3.05) is 33.3 Å². The lowest BCUT2D eigenvalue weighted by Gasteiger charge is -2.13. The van der Waals surface area contributed by atoms with Crippen LogP contribution in [0.15, 0.2) is 12.1 Å². The van der Waals surface area contributed by atoms with Crippen molar-refractivity contribution < 1.29 is 19.0 Å². The number of carbonyl (C=O) groups is 1. The van der Waals surface area contributed by atoms with Crippen molar-refractivity contribution in [2.45, 2.75) is 0 Å². The summed E-state index contributed by atoms with van der Waals surface area (Å²) in [6.07, 6.45) is 1.88. The third-order valence-corrected chi connectivity index (χ3v) is 2.81. The zero-order chi connectivity index (χ0) is 12.8. The molecule has 4 nitrogen and oxygen atoms in total. The lowest BCUT2D eigenvalue weighted by atomic mass is 10.1. The van der Waals surface area contributed by atoms with Crippen LogP contribution in [-0.4, -0.2) is 39.1 Å². The summed E-state index contributed by atoms with van der Waals surface area (Å²) in [5.41, 5.74) is 0.564. The number of Topliss-reactive ketones (excluding diaryl/α,β-unsaturated/α-hetero) is 1. The van der Waals surface area contributed by atoms with E-state index in [2.05, 4.69) is 0 Å². The molecule has 0 aliphatic rings. The van der Waals surface area contributed by atoms with Gasteiger partial charge in [-0.15, -0.1) is 0 Å². The van der Waals surface area contributed by atoms with Crippen LogP contribution in [0.1, 0.15) is 10.4 Å². The standard InChI is InChI=1S/C12H16O4S/c1-14-10-5-8(9(13)7-17-4)6-11(15-2)12(10)16-3/h5-6H,7H2,1-4H3. The molecule has 0 unspecified atom stereocenters. The van der Waals surface area contributed by atoms with E-state index in [4.69, 9.17) is 14.2 Å². The Hall–Kier alpha value is -1.36. The minimum Gasteiger partial charge on any atom is -0.493 e. The van der Waals surface area contributed by atoms with Crippen molar-refractivity contribution >= 4 is 17.5 Å². The third kappa shape index (κ3) is 3.06. The number of thioether (sulfide) groups is 1. The van der Waals surface area contributed by atoms with Crippen molar-refractivity contribution in [1.82, 2.24) is 0 Å². The van der Waals surface area contributed by atoms with Crippen molar-refractivity contribution in [2.24, 2.45) is 0 Å². The quantitative estimate of drug-likeness (QED) is 0.730. The van der Waals surface area contributed by atoms with Gasteiger partial charge in [0, 0.05) is 5.56 Å². The summed E-state index contributed by atoms with van der Waals surface area (Å²) in [4.78, 5) is 11.8. The van der Waals surface area contributed by atoms with Gasteiger partial charge in [0.05, 0.1) is 27.1 Å². The molecule has 0 N–H and O–H groups in total. The molecule has 0 saturated heterocycles. The average molecular weight is 256 g/mol. The van der Waals surface area contributed by atoms with Gasteiger partial charge in [-0.1, -0.05) is 0 Å². The summed E-state index contributed by atoms with van der Waals surface area (Å²) in [5.74, 6) is 1.96. The topological polar surface area (TPSA) is 44.8 Å². The van der Waals surface area contributed by atoms with Crippen LogP contribution in [0, 0.1) is 0 Å². The van der Waals surface area contributed by atoms with Gasteiger partial charge in [-0.25, -0.2) is 0 Å². The lowest BCUT2D eigenvalue weighted by molar-refractivity contribution is 0.102. The van der Waals surface area contributed by atoms with Crippen LogP contribution in [-0.2, 0) is 0 Å². The summed E-state index contributed by atoms with van der Waals surface area (Å²) in [6, 6.07) is 3.33. The SMILES string of the molecule is COc1cc(C(=O)CSC)cc(OC)c1OC. The first kappa shape index (κ1) is 13.7. The summed E-state index contributed by atoms with van der Waals surface area (Å²) in [7, 11) is 4.59. The molecule has 0 atom stereocenters. The van der Waals surface area contributed by atoms with Crippen LogP contribution in [0.5, 0.6) is 17.2 Å². The molecule has 0 amide bonds. The molecular formula is C12H16O4S. The van der Waals surface area contributed by atoms with Gasteiger partial charge in [0.25, 0.3) is 0 Å². The number of hydrogen-bond donors (Lipinski definition) is 0. The van der Waals surface area contributed by atoms with E-state index in [0.717, 1.165) is 0 Å². The highest BCUT2D eigenvalue weighted by molar-refractivity contribution is 7.99. The van der Waals surface area contributed by atoms with Gasteiger partial charge in [0.1, 0.15) is 0 Å². The molecule has 0 aliphatic carbocycles. The Morgan fingerprint density at radius 3 is 2.00 bits per heavy atom. The van der Waals surface area contributed by atoms with Gasteiger partial charge in [-0.3, -0.25) is 4.79 Å². The van der Waals surface area contributed by atoms with E-state index in [-0.39, 0.29) is 5.78 Å². The van der Waals surface area contributed by atoms with Crippen LogP contribution in [0.3, 0.4) is 0 Å². The molecule has 0 spiro atoms. The van der Waals surface area contributed by atoms with Crippen LogP contribution < -0.4 is 14.2 Å². The largest absolute Gasteiger partial charge is 0.493 e. The second-order valence-corrected chi connectivity index (χ2v) is 4.14. The van der Waals surface area contributed by atoms with Gasteiger partial charge in [-0.2, -0.15) is 11.8 Å². The molecule has 0 aliphatic heterocycles. The summed E-state index contributed by atoms with van der Waals surface area (Å²) < 4.78 is 15.6. The fourth-order valence-corrected chi connectivity index (χ4v) is 1.89. The van der Waals surface area contributed by atoms with Gasteiger partial charge >= 0.3 is 0 Å². The van der Waals surface area contributed by atoms with Crippen LogP contribution in [0.4, 0.5) is 0 Å².